The Morgan fingerprint density at radius 2 is 1.92 bits per heavy atom. The Labute approximate surface area is 143 Å². The number of aliphatic imine (C=N–C) groups is 1. The van der Waals surface area contributed by atoms with Crippen molar-refractivity contribution in [2.75, 3.05) is 7.11 Å². The minimum atomic E-state index is -0.452. The van der Waals surface area contributed by atoms with Crippen LogP contribution in [0.2, 0.25) is 0 Å². The summed E-state index contributed by atoms with van der Waals surface area (Å²) in [6, 6.07) is 13.3. The van der Waals surface area contributed by atoms with E-state index < -0.39 is 5.91 Å². The number of thiophene rings is 1. The fraction of sp³-hybridized carbons (Fsp3) is 0.111. The van der Waals surface area contributed by atoms with Gasteiger partial charge in [0.05, 0.1) is 7.11 Å². The number of nitrogens with zero attached hydrogens (tertiary/aromatic N) is 1. The first-order valence-electron chi connectivity index (χ1n) is 7.31. The van der Waals surface area contributed by atoms with Crippen molar-refractivity contribution in [3.8, 4) is 16.9 Å². The SMILES string of the molecule is COc1ccccc1-c1c(C)sc2ccc(C(=O)N=C(N)N)cc12. The molecule has 0 saturated carbocycles. The molecule has 0 radical (unpaired) electrons. The molecule has 0 aliphatic heterocycles. The lowest BCUT2D eigenvalue weighted by molar-refractivity contribution is 0.100. The number of guanidine groups is 1. The molecule has 5 nitrogen and oxygen atoms in total. The first-order valence-corrected chi connectivity index (χ1v) is 8.13. The van der Waals surface area contributed by atoms with Gasteiger partial charge in [0.15, 0.2) is 5.96 Å². The van der Waals surface area contributed by atoms with Gasteiger partial charge in [0.25, 0.3) is 5.91 Å². The summed E-state index contributed by atoms with van der Waals surface area (Å²) in [5.41, 5.74) is 13.1. The Kier molecular flexibility index (Phi) is 4.22. The van der Waals surface area contributed by atoms with Crippen LogP contribution in [0.15, 0.2) is 47.5 Å². The molecular weight excluding hydrogens is 322 g/mol. The summed E-state index contributed by atoms with van der Waals surface area (Å²) in [5.74, 6) is 0.0968. The largest absolute Gasteiger partial charge is 0.496 e. The Hall–Kier alpha value is -2.86. The number of hydrogen-bond acceptors (Lipinski definition) is 3. The summed E-state index contributed by atoms with van der Waals surface area (Å²) in [5, 5.41) is 0.985. The standard InChI is InChI=1S/C18H17N3O2S/c1-10-16(12-5-3-4-6-14(12)23-2)13-9-11(7-8-15(13)24-10)17(22)21-18(19)20/h3-9H,1-2H3,(H4,19,20,21,22). The summed E-state index contributed by atoms with van der Waals surface area (Å²) in [4.78, 5) is 16.9. The quantitative estimate of drug-likeness (QED) is 0.566. The Bertz CT molecular complexity index is 956. The highest BCUT2D eigenvalue weighted by Crippen LogP contribution is 2.42. The van der Waals surface area contributed by atoms with Crippen LogP contribution in [0.3, 0.4) is 0 Å². The predicted octanol–water partition coefficient (Wildman–Crippen LogP) is 3.30. The molecule has 1 heterocycles. The van der Waals surface area contributed by atoms with E-state index >= 15 is 0 Å². The smallest absolute Gasteiger partial charge is 0.280 e. The average Bonchev–Trinajstić information content (AvgIpc) is 2.88. The first-order chi connectivity index (χ1) is 11.5. The molecule has 3 rings (SSSR count). The van der Waals surface area contributed by atoms with E-state index in [0.29, 0.717) is 5.56 Å². The van der Waals surface area contributed by atoms with E-state index in [0.717, 1.165) is 31.8 Å². The van der Waals surface area contributed by atoms with E-state index in [1.165, 1.54) is 0 Å². The van der Waals surface area contributed by atoms with Gasteiger partial charge in [-0.05, 0) is 31.2 Å². The fourth-order valence-corrected chi connectivity index (χ4v) is 3.78. The number of nitrogens with two attached hydrogens (primary N) is 2. The molecular formula is C18H17N3O2S. The lowest BCUT2D eigenvalue weighted by Gasteiger charge is -2.09. The third-order valence-corrected chi connectivity index (χ3v) is 4.80. The Morgan fingerprint density at radius 3 is 2.62 bits per heavy atom. The molecule has 1 aromatic heterocycles. The van der Waals surface area contributed by atoms with Gasteiger partial charge in [-0.25, -0.2) is 0 Å². The van der Waals surface area contributed by atoms with Crippen molar-refractivity contribution >= 4 is 33.3 Å². The maximum Gasteiger partial charge on any atom is 0.280 e. The molecule has 3 aromatic rings. The minimum absolute atomic E-state index is 0.244. The number of carbonyl (C=O) groups excluding carboxylic acids is 1. The highest BCUT2D eigenvalue weighted by atomic mass is 32.1. The molecule has 0 aliphatic rings. The van der Waals surface area contributed by atoms with Gasteiger partial charge in [-0.2, -0.15) is 4.99 Å². The zero-order valence-corrected chi connectivity index (χ0v) is 14.2. The van der Waals surface area contributed by atoms with Gasteiger partial charge in [0, 0.05) is 31.7 Å². The molecule has 0 aliphatic carbocycles. The number of hydrogen-bond donors (Lipinski definition) is 2. The van der Waals surface area contributed by atoms with E-state index in [1.807, 2.05) is 36.4 Å². The molecule has 0 fully saturated rings. The summed E-state index contributed by atoms with van der Waals surface area (Å²) < 4.78 is 6.58. The lowest BCUT2D eigenvalue weighted by Crippen LogP contribution is -2.24. The summed E-state index contributed by atoms with van der Waals surface area (Å²) in [7, 11) is 1.65. The van der Waals surface area contributed by atoms with Crippen molar-refractivity contribution in [3.05, 3.63) is 52.9 Å². The van der Waals surface area contributed by atoms with E-state index in [4.69, 9.17) is 16.2 Å². The monoisotopic (exact) mass is 339 g/mol. The van der Waals surface area contributed by atoms with Crippen LogP contribution in [0.25, 0.3) is 21.2 Å². The number of fused-ring (bicyclic) bond motifs is 1. The van der Waals surface area contributed by atoms with Crippen LogP contribution in [0.5, 0.6) is 5.75 Å². The topological polar surface area (TPSA) is 90.7 Å². The molecule has 4 N–H and O–H groups in total. The molecule has 0 atom stereocenters. The van der Waals surface area contributed by atoms with Gasteiger partial charge >= 0.3 is 0 Å². The lowest BCUT2D eigenvalue weighted by atomic mass is 10.00. The van der Waals surface area contributed by atoms with Gasteiger partial charge in [-0.3, -0.25) is 4.79 Å². The molecule has 0 spiro atoms. The van der Waals surface area contributed by atoms with E-state index in [2.05, 4.69) is 11.9 Å². The predicted molar refractivity (Wildman–Crippen MR) is 98.7 cm³/mol. The van der Waals surface area contributed by atoms with Crippen molar-refractivity contribution in [1.82, 2.24) is 0 Å². The number of aryl methyl sites for hydroxylation is 1. The van der Waals surface area contributed by atoms with Crippen molar-refractivity contribution < 1.29 is 9.53 Å². The molecule has 2 aromatic carbocycles. The number of para-hydroxylation sites is 1. The van der Waals surface area contributed by atoms with Gasteiger partial charge in [0.1, 0.15) is 5.75 Å². The average molecular weight is 339 g/mol. The molecule has 122 valence electrons. The number of rotatable bonds is 3. The van der Waals surface area contributed by atoms with Crippen LogP contribution in [0.4, 0.5) is 0 Å². The van der Waals surface area contributed by atoms with Crippen LogP contribution >= 0.6 is 11.3 Å². The number of methoxy groups -OCH3 is 1. The highest BCUT2D eigenvalue weighted by Gasteiger charge is 2.16. The number of carbonyl (C=O) groups is 1. The van der Waals surface area contributed by atoms with E-state index in [1.54, 1.807) is 24.5 Å². The minimum Gasteiger partial charge on any atom is -0.496 e. The zero-order valence-electron chi connectivity index (χ0n) is 13.4. The van der Waals surface area contributed by atoms with Gasteiger partial charge in [0.2, 0.25) is 0 Å². The molecule has 1 amide bonds. The second-order valence-corrected chi connectivity index (χ2v) is 6.54. The van der Waals surface area contributed by atoms with Crippen molar-refractivity contribution in [2.24, 2.45) is 16.5 Å². The Balaban J connectivity index is 2.23. The van der Waals surface area contributed by atoms with Gasteiger partial charge in [-0.15, -0.1) is 11.3 Å². The van der Waals surface area contributed by atoms with E-state index in [9.17, 15) is 4.79 Å². The second-order valence-electron chi connectivity index (χ2n) is 5.29. The normalized spacial score (nSPS) is 10.6. The first kappa shape index (κ1) is 16.0. The molecule has 24 heavy (non-hydrogen) atoms. The number of ether oxygens (including phenoxy) is 1. The van der Waals surface area contributed by atoms with Crippen molar-refractivity contribution in [3.63, 3.8) is 0 Å². The summed E-state index contributed by atoms with van der Waals surface area (Å²) >= 11 is 1.68. The number of benzene rings is 2. The van der Waals surface area contributed by atoms with Crippen LogP contribution in [-0.2, 0) is 0 Å². The maximum absolute atomic E-state index is 12.1. The van der Waals surface area contributed by atoms with Gasteiger partial charge < -0.3 is 16.2 Å². The molecule has 6 heteroatoms. The zero-order chi connectivity index (χ0) is 17.3. The highest BCUT2D eigenvalue weighted by molar-refractivity contribution is 7.19. The third-order valence-electron chi connectivity index (χ3n) is 3.72. The van der Waals surface area contributed by atoms with Crippen LogP contribution in [-0.4, -0.2) is 19.0 Å². The van der Waals surface area contributed by atoms with Gasteiger partial charge in [-0.1, -0.05) is 18.2 Å². The van der Waals surface area contributed by atoms with Crippen LogP contribution < -0.4 is 16.2 Å². The molecule has 0 saturated heterocycles. The third kappa shape index (κ3) is 2.83. The maximum atomic E-state index is 12.1. The van der Waals surface area contributed by atoms with Crippen LogP contribution in [0, 0.1) is 6.92 Å². The molecule has 0 bridgehead atoms. The Morgan fingerprint density at radius 1 is 1.17 bits per heavy atom. The fourth-order valence-electron chi connectivity index (χ4n) is 2.72. The summed E-state index contributed by atoms with van der Waals surface area (Å²) in [6.07, 6.45) is 0. The van der Waals surface area contributed by atoms with Crippen molar-refractivity contribution in [1.29, 1.82) is 0 Å². The van der Waals surface area contributed by atoms with Crippen LogP contribution in [0.1, 0.15) is 15.2 Å². The number of amides is 1. The van der Waals surface area contributed by atoms with Crippen molar-refractivity contribution in [2.45, 2.75) is 6.92 Å². The van der Waals surface area contributed by atoms with E-state index in [-0.39, 0.29) is 5.96 Å². The molecule has 0 unspecified atom stereocenters. The second kappa shape index (κ2) is 6.33. The summed E-state index contributed by atoms with van der Waals surface area (Å²) in [6.45, 7) is 2.06.